The van der Waals surface area contributed by atoms with Crippen molar-refractivity contribution in [3.8, 4) is 0 Å². The summed E-state index contributed by atoms with van der Waals surface area (Å²) >= 11 is 12.5. The minimum atomic E-state index is -0.250. The van der Waals surface area contributed by atoms with Crippen LogP contribution >= 0.6 is 23.2 Å². The molecule has 1 N–H and O–H groups in total. The van der Waals surface area contributed by atoms with Crippen molar-refractivity contribution in [3.63, 3.8) is 0 Å². The van der Waals surface area contributed by atoms with Gasteiger partial charge in [0.2, 0.25) is 0 Å². The quantitative estimate of drug-likeness (QED) is 0.549. The van der Waals surface area contributed by atoms with Crippen molar-refractivity contribution in [2.24, 2.45) is 0 Å². The summed E-state index contributed by atoms with van der Waals surface area (Å²) in [5, 5.41) is 3.90. The Morgan fingerprint density at radius 1 is 0.875 bits per heavy atom. The van der Waals surface area contributed by atoms with E-state index in [1.807, 2.05) is 48.2 Å². The molecule has 1 aliphatic heterocycles. The molecule has 1 heterocycles. The van der Waals surface area contributed by atoms with Crippen LogP contribution in [0.15, 0.2) is 66.7 Å². The van der Waals surface area contributed by atoms with E-state index in [0.29, 0.717) is 47.5 Å². The number of carbonyl (C=O) groups is 2. The zero-order valence-corrected chi connectivity index (χ0v) is 19.2. The first kappa shape index (κ1) is 22.2. The molecule has 2 amide bonds. The highest BCUT2D eigenvalue weighted by atomic mass is 35.5. The molecule has 3 aromatic rings. The van der Waals surface area contributed by atoms with E-state index in [-0.39, 0.29) is 11.8 Å². The molecule has 4 rings (SSSR count). The highest BCUT2D eigenvalue weighted by Gasteiger charge is 2.24. The number of hydrogen-bond donors (Lipinski definition) is 1. The van der Waals surface area contributed by atoms with Gasteiger partial charge in [0.25, 0.3) is 11.8 Å². The molecule has 164 valence electrons. The largest absolute Gasteiger partial charge is 0.367 e. The van der Waals surface area contributed by atoms with Gasteiger partial charge < -0.3 is 15.1 Å². The van der Waals surface area contributed by atoms with E-state index in [9.17, 15) is 9.59 Å². The maximum Gasteiger partial charge on any atom is 0.255 e. The van der Waals surface area contributed by atoms with Gasteiger partial charge in [-0.25, -0.2) is 0 Å². The second kappa shape index (κ2) is 9.63. The predicted molar refractivity (Wildman–Crippen MR) is 130 cm³/mol. The first-order valence-corrected chi connectivity index (χ1v) is 11.1. The third kappa shape index (κ3) is 4.90. The summed E-state index contributed by atoms with van der Waals surface area (Å²) in [5.74, 6) is -0.187. The molecule has 0 spiro atoms. The molecular formula is C25H23Cl2N3O2. The molecule has 0 atom stereocenters. The van der Waals surface area contributed by atoms with Crippen molar-refractivity contribution in [2.45, 2.75) is 6.92 Å². The van der Waals surface area contributed by atoms with E-state index in [0.717, 1.165) is 16.8 Å². The van der Waals surface area contributed by atoms with E-state index in [2.05, 4.69) is 10.2 Å². The molecule has 5 nitrogen and oxygen atoms in total. The van der Waals surface area contributed by atoms with Crippen LogP contribution in [0.4, 0.5) is 11.4 Å². The summed E-state index contributed by atoms with van der Waals surface area (Å²) in [4.78, 5) is 29.3. The van der Waals surface area contributed by atoms with Gasteiger partial charge in [0.15, 0.2) is 0 Å². The van der Waals surface area contributed by atoms with Crippen molar-refractivity contribution in [3.05, 3.63) is 93.5 Å². The van der Waals surface area contributed by atoms with Gasteiger partial charge in [-0.1, -0.05) is 47.5 Å². The van der Waals surface area contributed by atoms with E-state index in [4.69, 9.17) is 23.2 Å². The Hall–Kier alpha value is -3.02. The minimum absolute atomic E-state index is 0.0629. The first-order valence-electron chi connectivity index (χ1n) is 10.4. The second-order valence-corrected chi connectivity index (χ2v) is 8.57. The fourth-order valence-corrected chi connectivity index (χ4v) is 4.30. The van der Waals surface area contributed by atoms with E-state index < -0.39 is 0 Å². The molecular weight excluding hydrogens is 445 g/mol. The van der Waals surface area contributed by atoms with Crippen molar-refractivity contribution in [1.82, 2.24) is 4.90 Å². The molecule has 3 aromatic carbocycles. The van der Waals surface area contributed by atoms with E-state index in [1.165, 1.54) is 0 Å². The van der Waals surface area contributed by atoms with Gasteiger partial charge in [-0.15, -0.1) is 0 Å². The van der Waals surface area contributed by atoms with Crippen molar-refractivity contribution in [1.29, 1.82) is 0 Å². The van der Waals surface area contributed by atoms with Crippen LogP contribution < -0.4 is 10.2 Å². The number of nitrogens with one attached hydrogen (secondary N) is 1. The standard InChI is InChI=1S/C25H23Cl2N3O2/c1-17-5-2-3-8-21(17)25(32)30-13-11-29(12-14-30)23-10-9-20(16-22(23)27)28-24(31)18-6-4-7-19(26)15-18/h2-10,15-16H,11-14H2,1H3,(H,28,31). The Kier molecular flexibility index (Phi) is 6.68. The van der Waals surface area contributed by atoms with Crippen LogP contribution in [0.3, 0.4) is 0 Å². The van der Waals surface area contributed by atoms with Crippen molar-refractivity contribution in [2.75, 3.05) is 36.4 Å². The van der Waals surface area contributed by atoms with E-state index >= 15 is 0 Å². The molecule has 0 aliphatic carbocycles. The highest BCUT2D eigenvalue weighted by molar-refractivity contribution is 6.33. The predicted octanol–water partition coefficient (Wildman–Crippen LogP) is 5.52. The molecule has 32 heavy (non-hydrogen) atoms. The lowest BCUT2D eigenvalue weighted by Crippen LogP contribution is -2.49. The number of carbonyl (C=O) groups excluding carboxylic acids is 2. The molecule has 0 bridgehead atoms. The topological polar surface area (TPSA) is 52.7 Å². The second-order valence-electron chi connectivity index (χ2n) is 7.72. The number of amides is 2. The fraction of sp³-hybridized carbons (Fsp3) is 0.200. The number of nitrogens with zero attached hydrogens (tertiary/aromatic N) is 2. The number of piperazine rings is 1. The molecule has 7 heteroatoms. The smallest absolute Gasteiger partial charge is 0.255 e. The molecule has 1 aliphatic rings. The number of anilines is 2. The van der Waals surface area contributed by atoms with Crippen LogP contribution in [0.5, 0.6) is 0 Å². The van der Waals surface area contributed by atoms with Crippen molar-refractivity contribution < 1.29 is 9.59 Å². The third-order valence-corrected chi connectivity index (χ3v) is 6.11. The normalized spacial score (nSPS) is 13.7. The number of benzene rings is 3. The minimum Gasteiger partial charge on any atom is -0.367 e. The van der Waals surface area contributed by atoms with Gasteiger partial charge in [-0.2, -0.15) is 0 Å². The van der Waals surface area contributed by atoms with Crippen LogP contribution in [0.1, 0.15) is 26.3 Å². The molecule has 0 unspecified atom stereocenters. The molecule has 1 saturated heterocycles. The van der Waals surface area contributed by atoms with Gasteiger partial charge in [0.05, 0.1) is 10.7 Å². The summed E-state index contributed by atoms with van der Waals surface area (Å²) in [5.41, 5.74) is 3.71. The summed E-state index contributed by atoms with van der Waals surface area (Å²) in [6, 6.07) is 19.9. The first-order chi connectivity index (χ1) is 15.4. The molecule has 0 radical (unpaired) electrons. The van der Waals surface area contributed by atoms with E-state index in [1.54, 1.807) is 30.3 Å². The fourth-order valence-electron chi connectivity index (χ4n) is 3.81. The Labute approximate surface area is 197 Å². The Morgan fingerprint density at radius 2 is 1.62 bits per heavy atom. The van der Waals surface area contributed by atoms with Gasteiger partial charge in [-0.3, -0.25) is 9.59 Å². The van der Waals surface area contributed by atoms with Gasteiger partial charge in [-0.05, 0) is 55.0 Å². The number of hydrogen-bond acceptors (Lipinski definition) is 3. The number of halogens is 2. The van der Waals surface area contributed by atoms with Crippen molar-refractivity contribution >= 4 is 46.4 Å². The Balaban J connectivity index is 1.39. The zero-order valence-electron chi connectivity index (χ0n) is 17.6. The highest BCUT2D eigenvalue weighted by Crippen LogP contribution is 2.30. The number of rotatable bonds is 4. The average molecular weight is 468 g/mol. The van der Waals surface area contributed by atoms with Gasteiger partial charge >= 0.3 is 0 Å². The lowest BCUT2D eigenvalue weighted by atomic mass is 10.1. The Bertz CT molecular complexity index is 1160. The van der Waals surface area contributed by atoms with Crippen LogP contribution in [0.2, 0.25) is 10.0 Å². The van der Waals surface area contributed by atoms with Crippen LogP contribution in [-0.2, 0) is 0 Å². The molecule has 0 saturated carbocycles. The molecule has 1 fully saturated rings. The Morgan fingerprint density at radius 3 is 2.31 bits per heavy atom. The summed E-state index contributed by atoms with van der Waals surface area (Å²) in [7, 11) is 0. The lowest BCUT2D eigenvalue weighted by molar-refractivity contribution is 0.0746. The summed E-state index contributed by atoms with van der Waals surface area (Å²) < 4.78 is 0. The van der Waals surface area contributed by atoms with Gasteiger partial charge in [0, 0.05) is 48.0 Å². The maximum absolute atomic E-state index is 12.8. The SMILES string of the molecule is Cc1ccccc1C(=O)N1CCN(c2ccc(NC(=O)c3cccc(Cl)c3)cc2Cl)CC1. The number of aryl methyl sites for hydroxylation is 1. The van der Waals surface area contributed by atoms with Crippen LogP contribution in [-0.4, -0.2) is 42.9 Å². The zero-order chi connectivity index (χ0) is 22.7. The van der Waals surface area contributed by atoms with Gasteiger partial charge in [0.1, 0.15) is 0 Å². The monoisotopic (exact) mass is 467 g/mol. The third-order valence-electron chi connectivity index (χ3n) is 5.58. The molecule has 0 aromatic heterocycles. The summed E-state index contributed by atoms with van der Waals surface area (Å²) in [6.45, 7) is 4.57. The average Bonchev–Trinajstić information content (AvgIpc) is 2.79. The maximum atomic E-state index is 12.8. The lowest BCUT2D eigenvalue weighted by Gasteiger charge is -2.36. The van der Waals surface area contributed by atoms with Crippen LogP contribution in [0.25, 0.3) is 0 Å². The van der Waals surface area contributed by atoms with Crippen LogP contribution in [0, 0.1) is 6.92 Å². The summed E-state index contributed by atoms with van der Waals surface area (Å²) in [6.07, 6.45) is 0.